The van der Waals surface area contributed by atoms with Crippen molar-refractivity contribution < 1.29 is 22.7 Å². The topological polar surface area (TPSA) is 81.5 Å². The molecule has 1 spiro atoms. The molecule has 1 aliphatic carbocycles. The lowest BCUT2D eigenvalue weighted by Gasteiger charge is -2.60. The summed E-state index contributed by atoms with van der Waals surface area (Å²) in [6.07, 6.45) is -1.91. The first kappa shape index (κ1) is 24.2. The number of aromatic nitrogens is 1. The van der Waals surface area contributed by atoms with E-state index < -0.39 is 12.1 Å². The summed E-state index contributed by atoms with van der Waals surface area (Å²) < 4.78 is 44.3. The number of rotatable bonds is 7. The van der Waals surface area contributed by atoms with E-state index in [1.807, 2.05) is 24.3 Å². The van der Waals surface area contributed by atoms with Gasteiger partial charge in [-0.2, -0.15) is 18.4 Å². The molecule has 7 nitrogen and oxygen atoms in total. The van der Waals surface area contributed by atoms with Crippen LogP contribution in [0.25, 0.3) is 10.9 Å². The lowest BCUT2D eigenvalue weighted by atomic mass is 9.57. The number of benzene rings is 1. The highest BCUT2D eigenvalue weighted by atomic mass is 32.2. The molecule has 1 aromatic carbocycles. The van der Waals surface area contributed by atoms with E-state index in [9.17, 15) is 18.0 Å². The van der Waals surface area contributed by atoms with Gasteiger partial charge in [0.25, 0.3) is 0 Å². The van der Waals surface area contributed by atoms with Gasteiger partial charge in [0.15, 0.2) is 0 Å². The minimum Gasteiger partial charge on any atom is -0.370 e. The van der Waals surface area contributed by atoms with Gasteiger partial charge in [0, 0.05) is 41.5 Å². The number of pyridine rings is 1. The van der Waals surface area contributed by atoms with Crippen LogP contribution >= 0.6 is 11.8 Å². The van der Waals surface area contributed by atoms with Crippen molar-refractivity contribution in [2.75, 3.05) is 42.9 Å². The van der Waals surface area contributed by atoms with Gasteiger partial charge in [0.1, 0.15) is 6.04 Å². The van der Waals surface area contributed by atoms with Gasteiger partial charge in [0.2, 0.25) is 5.91 Å². The Morgan fingerprint density at radius 2 is 2.11 bits per heavy atom. The van der Waals surface area contributed by atoms with Crippen LogP contribution in [-0.4, -0.2) is 66.0 Å². The summed E-state index contributed by atoms with van der Waals surface area (Å²) in [4.78, 5) is 20.4. The second-order valence-corrected chi connectivity index (χ2v) is 10.6. The fourth-order valence-electron chi connectivity index (χ4n) is 5.22. The van der Waals surface area contributed by atoms with Crippen LogP contribution in [0.2, 0.25) is 0 Å². The molecule has 2 saturated heterocycles. The smallest absolute Gasteiger partial charge is 0.370 e. The number of nitriles is 1. The Labute approximate surface area is 205 Å². The summed E-state index contributed by atoms with van der Waals surface area (Å²) in [5.74, 6) is -0.0986. The summed E-state index contributed by atoms with van der Waals surface area (Å²) >= 11 is 1.57. The Bertz CT molecular complexity index is 1140. The molecule has 1 amide bonds. The van der Waals surface area contributed by atoms with Crippen molar-refractivity contribution in [3.8, 4) is 6.07 Å². The van der Waals surface area contributed by atoms with Crippen LogP contribution in [0.15, 0.2) is 30.5 Å². The lowest BCUT2D eigenvalue weighted by molar-refractivity contribution is -0.225. The molecule has 5 rings (SSSR count). The summed E-state index contributed by atoms with van der Waals surface area (Å²) in [5.41, 5.74) is 2.55. The zero-order valence-electron chi connectivity index (χ0n) is 19.1. The molecule has 1 saturated carbocycles. The average molecular weight is 506 g/mol. The highest BCUT2D eigenvalue weighted by molar-refractivity contribution is 7.99. The van der Waals surface area contributed by atoms with E-state index in [4.69, 9.17) is 10.00 Å². The van der Waals surface area contributed by atoms with E-state index in [-0.39, 0.29) is 43.5 Å². The zero-order chi connectivity index (χ0) is 24.6. The molecule has 1 N–H and O–H groups in total. The van der Waals surface area contributed by atoms with Crippen LogP contribution in [0.1, 0.15) is 18.4 Å². The summed E-state index contributed by atoms with van der Waals surface area (Å²) in [5, 5.41) is 13.0. The third kappa shape index (κ3) is 4.92. The van der Waals surface area contributed by atoms with Crippen molar-refractivity contribution in [2.24, 2.45) is 11.3 Å². The van der Waals surface area contributed by atoms with Crippen molar-refractivity contribution in [1.82, 2.24) is 15.2 Å². The predicted octanol–water partition coefficient (Wildman–Crippen LogP) is 3.50. The fourth-order valence-corrected chi connectivity index (χ4v) is 6.33. The van der Waals surface area contributed by atoms with E-state index in [0.717, 1.165) is 22.2 Å². The maximum Gasteiger partial charge on any atom is 0.391 e. The molecule has 3 fully saturated rings. The lowest BCUT2D eigenvalue weighted by Crippen LogP contribution is -2.64. The minimum atomic E-state index is -4.08. The first-order valence-corrected chi connectivity index (χ1v) is 12.7. The number of carbonyl (C=O) groups is 1. The molecule has 0 bridgehead atoms. The van der Waals surface area contributed by atoms with E-state index in [1.54, 1.807) is 22.9 Å². The second kappa shape index (κ2) is 9.48. The highest BCUT2D eigenvalue weighted by Gasteiger charge is 2.60. The quantitative estimate of drug-likeness (QED) is 0.456. The summed E-state index contributed by atoms with van der Waals surface area (Å²) in [7, 11) is 0. The van der Waals surface area contributed by atoms with Crippen molar-refractivity contribution in [1.29, 1.82) is 5.26 Å². The molecule has 0 unspecified atom stereocenters. The molecule has 0 radical (unpaired) electrons. The number of carbonyl (C=O) groups excluding carboxylic acids is 1. The number of halogens is 3. The van der Waals surface area contributed by atoms with Crippen LogP contribution in [-0.2, 0) is 16.1 Å². The van der Waals surface area contributed by atoms with Crippen LogP contribution in [0.3, 0.4) is 0 Å². The Morgan fingerprint density at radius 3 is 2.86 bits per heavy atom. The number of nitrogens with zero attached hydrogens (tertiary/aromatic N) is 4. The minimum absolute atomic E-state index is 0.103. The number of hydrogen-bond donors (Lipinski definition) is 1. The molecular weight excluding hydrogens is 479 g/mol. The van der Waals surface area contributed by atoms with Gasteiger partial charge in [-0.3, -0.25) is 15.1 Å². The number of nitrogens with one attached hydrogen (secondary N) is 1. The van der Waals surface area contributed by atoms with Crippen molar-refractivity contribution in [3.63, 3.8) is 0 Å². The van der Waals surface area contributed by atoms with Crippen molar-refractivity contribution >= 4 is 34.3 Å². The average Bonchev–Trinajstić information content (AvgIpc) is 3.25. The number of fused-ring (bicyclic) bond motifs is 1. The number of ether oxygens (including phenoxy) is 1. The van der Waals surface area contributed by atoms with Gasteiger partial charge in [-0.1, -0.05) is 0 Å². The summed E-state index contributed by atoms with van der Waals surface area (Å²) in [6.45, 7) is 1.91. The first-order chi connectivity index (χ1) is 16.8. The molecular formula is C24H26F3N5O2S. The molecule has 1 aromatic heterocycles. The summed E-state index contributed by atoms with van der Waals surface area (Å²) in [6, 6.07) is 9.57. The third-order valence-corrected chi connectivity index (χ3v) is 8.16. The molecule has 3 aliphatic rings. The van der Waals surface area contributed by atoms with Crippen LogP contribution in [0.5, 0.6) is 0 Å². The Hall–Kier alpha value is -2.55. The van der Waals surface area contributed by atoms with E-state index >= 15 is 0 Å². The number of alkyl halides is 3. The fraction of sp³-hybridized carbons (Fsp3) is 0.542. The molecule has 186 valence electrons. The van der Waals surface area contributed by atoms with Gasteiger partial charge >= 0.3 is 6.18 Å². The molecule has 2 aromatic rings. The van der Waals surface area contributed by atoms with Crippen molar-refractivity contribution in [2.45, 2.75) is 31.7 Å². The number of hydrogen-bond acceptors (Lipinski definition) is 7. The van der Waals surface area contributed by atoms with Gasteiger partial charge < -0.3 is 14.5 Å². The van der Waals surface area contributed by atoms with E-state index in [2.05, 4.69) is 21.3 Å². The largest absolute Gasteiger partial charge is 0.391 e. The van der Waals surface area contributed by atoms with Gasteiger partial charge in [-0.05, 0) is 42.7 Å². The third-order valence-electron chi connectivity index (χ3n) is 7.14. The normalized spacial score (nSPS) is 21.7. The molecule has 1 atom stereocenters. The van der Waals surface area contributed by atoms with E-state index in [1.165, 1.54) is 0 Å². The number of thioether (sulfide) groups is 1. The SMILES string of the molecule is N#C[C@@H]1CSCN1C(=O)CNCOCc1ccnc2ccc(N3CC4(CC(C(F)(F)F)C4)C3)cc12. The van der Waals surface area contributed by atoms with Gasteiger partial charge in [0.05, 0.1) is 43.3 Å². The van der Waals surface area contributed by atoms with Crippen molar-refractivity contribution in [3.05, 3.63) is 36.0 Å². The number of anilines is 1. The first-order valence-electron chi connectivity index (χ1n) is 11.5. The monoisotopic (exact) mass is 505 g/mol. The molecule has 35 heavy (non-hydrogen) atoms. The van der Waals surface area contributed by atoms with Crippen LogP contribution < -0.4 is 10.2 Å². The maximum atomic E-state index is 12.9. The second-order valence-electron chi connectivity index (χ2n) is 9.60. The van der Waals surface area contributed by atoms with Gasteiger partial charge in [-0.15, -0.1) is 11.8 Å². The number of amides is 1. The van der Waals surface area contributed by atoms with E-state index in [0.29, 0.717) is 31.3 Å². The van der Waals surface area contributed by atoms with Crippen LogP contribution in [0, 0.1) is 22.7 Å². The molecule has 2 aliphatic heterocycles. The maximum absolute atomic E-state index is 12.9. The standard InChI is InChI=1S/C24H26F3N5O2S/c25-24(26,27)17-6-23(7-17)12-31(13-23)18-1-2-21-20(5-18)16(3-4-30-21)10-34-14-29-9-22(33)32-15-35-11-19(32)8-28/h1-5,17,19,29H,6-7,9-15H2/t19-/m1/s1. The highest BCUT2D eigenvalue weighted by Crippen LogP contribution is 2.57. The van der Waals surface area contributed by atoms with Crippen LogP contribution in [0.4, 0.5) is 18.9 Å². The Morgan fingerprint density at radius 1 is 1.31 bits per heavy atom. The Kier molecular flexibility index (Phi) is 6.55. The molecule has 3 heterocycles. The van der Waals surface area contributed by atoms with Gasteiger partial charge in [-0.25, -0.2) is 0 Å². The Balaban J connectivity index is 1.13. The molecule has 11 heteroatoms. The predicted molar refractivity (Wildman–Crippen MR) is 126 cm³/mol. The zero-order valence-corrected chi connectivity index (χ0v) is 19.9.